The zero-order chi connectivity index (χ0) is 14.6. The number of benzene rings is 1. The number of halogens is 2. The van der Waals surface area contributed by atoms with E-state index in [4.69, 9.17) is 27.9 Å². The summed E-state index contributed by atoms with van der Waals surface area (Å²) in [6.45, 7) is 5.07. The number of amides is 1. The molecule has 0 spiro atoms. The van der Waals surface area contributed by atoms with Crippen molar-refractivity contribution < 1.29 is 14.3 Å². The molecule has 1 aromatic carbocycles. The second-order valence-corrected chi connectivity index (χ2v) is 5.72. The van der Waals surface area contributed by atoms with Gasteiger partial charge in [0, 0.05) is 5.56 Å². The Balaban J connectivity index is 2.56. The number of carbonyl (C=O) groups excluding carboxylic acids is 2. The number of alkyl carbamates (subject to hydrolysis) is 1. The van der Waals surface area contributed by atoms with E-state index < -0.39 is 11.7 Å². The molecule has 19 heavy (non-hydrogen) atoms. The van der Waals surface area contributed by atoms with Crippen LogP contribution >= 0.6 is 23.2 Å². The summed E-state index contributed by atoms with van der Waals surface area (Å²) in [5, 5.41) is 3.05. The lowest BCUT2D eigenvalue weighted by molar-refractivity contribution is 0.0520. The lowest BCUT2D eigenvalue weighted by atomic mass is 10.1. The van der Waals surface area contributed by atoms with Crippen LogP contribution in [0.4, 0.5) is 4.79 Å². The molecule has 1 aromatic rings. The van der Waals surface area contributed by atoms with Gasteiger partial charge in [0.25, 0.3) is 0 Å². The summed E-state index contributed by atoms with van der Waals surface area (Å²) in [5.74, 6) is -0.274. The molecule has 0 atom stereocenters. The number of nitrogens with one attached hydrogen (secondary N) is 1. The van der Waals surface area contributed by atoms with Crippen LogP contribution in [0, 0.1) is 0 Å². The van der Waals surface area contributed by atoms with Crippen molar-refractivity contribution in [3.8, 4) is 0 Å². The average Bonchev–Trinajstić information content (AvgIpc) is 2.27. The van der Waals surface area contributed by atoms with E-state index in [1.807, 2.05) is 0 Å². The highest BCUT2D eigenvalue weighted by Crippen LogP contribution is 2.22. The van der Waals surface area contributed by atoms with E-state index in [1.54, 1.807) is 26.8 Å². The first-order valence-corrected chi connectivity index (χ1v) is 6.40. The van der Waals surface area contributed by atoms with E-state index in [9.17, 15) is 9.59 Å². The molecule has 1 N–H and O–H groups in total. The van der Waals surface area contributed by atoms with E-state index in [0.29, 0.717) is 15.6 Å². The van der Waals surface area contributed by atoms with Crippen LogP contribution in [-0.2, 0) is 4.74 Å². The van der Waals surface area contributed by atoms with Gasteiger partial charge in [0.05, 0.1) is 16.6 Å². The van der Waals surface area contributed by atoms with Crippen LogP contribution in [0.1, 0.15) is 31.1 Å². The van der Waals surface area contributed by atoms with Gasteiger partial charge in [0.2, 0.25) is 0 Å². The smallest absolute Gasteiger partial charge is 0.408 e. The summed E-state index contributed by atoms with van der Waals surface area (Å²) in [5.41, 5.74) is -0.220. The van der Waals surface area contributed by atoms with E-state index in [2.05, 4.69) is 5.32 Å². The van der Waals surface area contributed by atoms with Gasteiger partial charge in [0.15, 0.2) is 5.78 Å². The molecule has 0 aliphatic heterocycles. The zero-order valence-corrected chi connectivity index (χ0v) is 12.4. The third-order valence-electron chi connectivity index (χ3n) is 2.03. The number of carbonyl (C=O) groups is 2. The van der Waals surface area contributed by atoms with Crippen LogP contribution in [0.15, 0.2) is 18.2 Å². The van der Waals surface area contributed by atoms with Gasteiger partial charge >= 0.3 is 6.09 Å². The quantitative estimate of drug-likeness (QED) is 0.866. The minimum absolute atomic E-state index is 0.160. The van der Waals surface area contributed by atoms with Crippen molar-refractivity contribution in [2.75, 3.05) is 6.54 Å². The predicted octanol–water partition coefficient (Wildman–Crippen LogP) is 3.70. The lowest BCUT2D eigenvalue weighted by Gasteiger charge is -2.19. The minimum atomic E-state index is -0.638. The molecule has 0 saturated heterocycles. The van der Waals surface area contributed by atoms with Crippen LogP contribution in [0.2, 0.25) is 10.0 Å². The van der Waals surface area contributed by atoms with Crippen molar-refractivity contribution in [2.45, 2.75) is 26.4 Å². The summed E-state index contributed by atoms with van der Waals surface area (Å²) < 4.78 is 5.02. The third-order valence-corrected chi connectivity index (χ3v) is 2.77. The summed E-state index contributed by atoms with van der Waals surface area (Å²) >= 11 is 11.6. The highest BCUT2D eigenvalue weighted by molar-refractivity contribution is 6.42. The van der Waals surface area contributed by atoms with Crippen molar-refractivity contribution in [3.05, 3.63) is 33.8 Å². The Kier molecular flexibility index (Phi) is 5.20. The minimum Gasteiger partial charge on any atom is -0.444 e. The summed E-state index contributed by atoms with van der Waals surface area (Å²) in [7, 11) is 0. The number of Topliss-reactive ketones (excluding diaryl/α,β-unsaturated/α-hetero) is 1. The maximum Gasteiger partial charge on any atom is 0.408 e. The van der Waals surface area contributed by atoms with E-state index in [-0.39, 0.29) is 12.3 Å². The molecular formula is C13H15Cl2NO3. The molecular weight excluding hydrogens is 289 g/mol. The molecule has 0 radical (unpaired) electrons. The molecule has 0 aromatic heterocycles. The Bertz CT molecular complexity index is 495. The second kappa shape index (κ2) is 6.26. The SMILES string of the molecule is CC(C)(C)OC(=O)NCC(=O)c1ccc(Cl)c(Cl)c1. The normalized spacial score (nSPS) is 11.0. The second-order valence-electron chi connectivity index (χ2n) is 4.91. The van der Waals surface area contributed by atoms with Gasteiger partial charge in [-0.2, -0.15) is 0 Å². The first-order chi connectivity index (χ1) is 8.69. The molecule has 0 saturated carbocycles. The molecule has 1 amide bonds. The molecule has 4 nitrogen and oxygen atoms in total. The van der Waals surface area contributed by atoms with E-state index in [0.717, 1.165) is 0 Å². The Morgan fingerprint density at radius 3 is 2.37 bits per heavy atom. The number of ether oxygens (including phenoxy) is 1. The van der Waals surface area contributed by atoms with Crippen molar-refractivity contribution in [1.29, 1.82) is 0 Å². The molecule has 0 bridgehead atoms. The van der Waals surface area contributed by atoms with Crippen LogP contribution < -0.4 is 5.32 Å². The molecule has 0 fully saturated rings. The topological polar surface area (TPSA) is 55.4 Å². The van der Waals surface area contributed by atoms with Crippen molar-refractivity contribution in [2.24, 2.45) is 0 Å². The first kappa shape index (κ1) is 15.8. The van der Waals surface area contributed by atoms with Crippen LogP contribution in [0.3, 0.4) is 0 Å². The molecule has 0 aliphatic carbocycles. The summed E-state index contributed by atoms with van der Waals surface area (Å²) in [6, 6.07) is 4.54. The summed E-state index contributed by atoms with van der Waals surface area (Å²) in [4.78, 5) is 23.2. The highest BCUT2D eigenvalue weighted by atomic mass is 35.5. The number of ketones is 1. The van der Waals surface area contributed by atoms with Gasteiger partial charge in [-0.3, -0.25) is 4.79 Å². The maximum atomic E-state index is 11.8. The van der Waals surface area contributed by atoms with Gasteiger partial charge in [0.1, 0.15) is 5.60 Å². The van der Waals surface area contributed by atoms with Crippen molar-refractivity contribution in [3.63, 3.8) is 0 Å². The van der Waals surface area contributed by atoms with Crippen LogP contribution in [0.5, 0.6) is 0 Å². The Morgan fingerprint density at radius 2 is 1.84 bits per heavy atom. The van der Waals surface area contributed by atoms with Crippen molar-refractivity contribution in [1.82, 2.24) is 5.32 Å². The molecule has 6 heteroatoms. The standard InChI is InChI=1S/C13H15Cl2NO3/c1-13(2,3)19-12(18)16-7-11(17)8-4-5-9(14)10(15)6-8/h4-6H,7H2,1-3H3,(H,16,18). The highest BCUT2D eigenvalue weighted by Gasteiger charge is 2.17. The monoisotopic (exact) mass is 303 g/mol. The maximum absolute atomic E-state index is 11.8. The largest absolute Gasteiger partial charge is 0.444 e. The fraction of sp³-hybridized carbons (Fsp3) is 0.385. The Hall–Kier alpha value is -1.26. The molecule has 0 aliphatic rings. The van der Waals surface area contributed by atoms with Gasteiger partial charge in [-0.1, -0.05) is 23.2 Å². The van der Waals surface area contributed by atoms with Gasteiger partial charge in [-0.15, -0.1) is 0 Å². The average molecular weight is 304 g/mol. The van der Waals surface area contributed by atoms with Crippen LogP contribution in [-0.4, -0.2) is 24.0 Å². The van der Waals surface area contributed by atoms with Crippen LogP contribution in [0.25, 0.3) is 0 Å². The van der Waals surface area contributed by atoms with E-state index in [1.165, 1.54) is 12.1 Å². The summed E-state index contributed by atoms with van der Waals surface area (Å²) in [6.07, 6.45) is -0.638. The Morgan fingerprint density at radius 1 is 1.21 bits per heavy atom. The van der Waals surface area contributed by atoms with Gasteiger partial charge < -0.3 is 10.1 Å². The predicted molar refractivity (Wildman–Crippen MR) is 75.0 cm³/mol. The molecule has 1 rings (SSSR count). The first-order valence-electron chi connectivity index (χ1n) is 5.64. The fourth-order valence-corrected chi connectivity index (χ4v) is 1.54. The van der Waals surface area contributed by atoms with Crippen molar-refractivity contribution >= 4 is 35.1 Å². The number of hydrogen-bond acceptors (Lipinski definition) is 3. The Labute approximate surface area is 122 Å². The number of hydrogen-bond donors (Lipinski definition) is 1. The molecule has 0 heterocycles. The molecule has 104 valence electrons. The molecule has 0 unspecified atom stereocenters. The van der Waals surface area contributed by atoms with Gasteiger partial charge in [-0.05, 0) is 39.0 Å². The van der Waals surface area contributed by atoms with Gasteiger partial charge in [-0.25, -0.2) is 4.79 Å². The van der Waals surface area contributed by atoms with E-state index >= 15 is 0 Å². The lowest BCUT2D eigenvalue weighted by Crippen LogP contribution is -2.35. The fourth-order valence-electron chi connectivity index (χ4n) is 1.24. The third kappa shape index (κ3) is 5.49. The number of rotatable bonds is 3. The zero-order valence-electron chi connectivity index (χ0n) is 10.9.